The Hall–Kier alpha value is -1.52. The topological polar surface area (TPSA) is 47.4 Å². The third-order valence-electron chi connectivity index (χ3n) is 2.75. The number of fused-ring (bicyclic) bond motifs is 1. The maximum atomic E-state index is 12.0. The van der Waals surface area contributed by atoms with Crippen molar-refractivity contribution in [3.63, 3.8) is 0 Å². The number of hydrogen-bond acceptors (Lipinski definition) is 3. The highest BCUT2D eigenvalue weighted by molar-refractivity contribution is 5.68. The van der Waals surface area contributed by atoms with E-state index in [1.807, 2.05) is 27.7 Å². The molecule has 0 saturated heterocycles. The van der Waals surface area contributed by atoms with Gasteiger partial charge in [-0.1, -0.05) is 0 Å². The molecule has 1 aliphatic rings. The highest BCUT2D eigenvalue weighted by Crippen LogP contribution is 2.20. The first-order valence-electron chi connectivity index (χ1n) is 5.85. The summed E-state index contributed by atoms with van der Waals surface area (Å²) in [5.74, 6) is 0. The fourth-order valence-corrected chi connectivity index (χ4v) is 1.92. The van der Waals surface area contributed by atoms with Crippen LogP contribution in [0.5, 0.6) is 0 Å². The van der Waals surface area contributed by atoms with Crippen LogP contribution in [0, 0.1) is 0 Å². The molecule has 94 valence electrons. The Morgan fingerprint density at radius 3 is 2.88 bits per heavy atom. The molecule has 0 N–H and O–H groups in total. The largest absolute Gasteiger partial charge is 0.444 e. The van der Waals surface area contributed by atoms with Crippen molar-refractivity contribution in [1.29, 1.82) is 0 Å². The van der Waals surface area contributed by atoms with Gasteiger partial charge in [0.2, 0.25) is 0 Å². The van der Waals surface area contributed by atoms with Crippen molar-refractivity contribution in [2.75, 3.05) is 0 Å². The van der Waals surface area contributed by atoms with Crippen LogP contribution in [0.3, 0.4) is 0 Å². The highest BCUT2D eigenvalue weighted by atomic mass is 16.6. The lowest BCUT2D eigenvalue weighted by atomic mass is 10.2. The minimum atomic E-state index is -0.450. The van der Waals surface area contributed by atoms with Crippen LogP contribution < -0.4 is 0 Å². The quantitative estimate of drug-likeness (QED) is 0.693. The summed E-state index contributed by atoms with van der Waals surface area (Å²) < 4.78 is 7.47. The smallest absolute Gasteiger partial charge is 0.410 e. The second-order valence-electron chi connectivity index (χ2n) is 5.49. The van der Waals surface area contributed by atoms with E-state index in [2.05, 4.69) is 9.55 Å². The molecular formula is C12H19N3O2. The van der Waals surface area contributed by atoms with Gasteiger partial charge in [-0.15, -0.1) is 0 Å². The van der Waals surface area contributed by atoms with E-state index in [1.54, 1.807) is 17.4 Å². The van der Waals surface area contributed by atoms with Crippen LogP contribution in [0.4, 0.5) is 4.79 Å². The maximum absolute atomic E-state index is 12.0. The molecule has 2 rings (SSSR count). The number of carbonyl (C=O) groups is 1. The zero-order chi connectivity index (χ0) is 12.6. The number of carbonyl (C=O) groups excluding carboxylic acids is 1. The van der Waals surface area contributed by atoms with E-state index < -0.39 is 5.60 Å². The van der Waals surface area contributed by atoms with E-state index in [0.29, 0.717) is 6.54 Å². The highest BCUT2D eigenvalue weighted by Gasteiger charge is 2.30. The minimum Gasteiger partial charge on any atom is -0.444 e. The first-order valence-corrected chi connectivity index (χ1v) is 5.85. The molecule has 0 spiro atoms. The molecule has 5 heteroatoms. The van der Waals surface area contributed by atoms with Crippen molar-refractivity contribution in [2.24, 2.45) is 0 Å². The predicted molar refractivity (Wildman–Crippen MR) is 63.5 cm³/mol. The molecule has 1 atom stereocenters. The number of imidazole rings is 1. The first kappa shape index (κ1) is 12.0. The normalized spacial score (nSPS) is 20.0. The molecule has 0 unspecified atom stereocenters. The number of ether oxygens (including phenoxy) is 1. The zero-order valence-corrected chi connectivity index (χ0v) is 10.8. The summed E-state index contributed by atoms with van der Waals surface area (Å²) in [6.07, 6.45) is 3.35. The van der Waals surface area contributed by atoms with Crippen LogP contribution in [0.25, 0.3) is 0 Å². The van der Waals surface area contributed by atoms with E-state index in [1.165, 1.54) is 0 Å². The molecular weight excluding hydrogens is 218 g/mol. The summed E-state index contributed by atoms with van der Waals surface area (Å²) in [6.45, 7) is 8.99. The third kappa shape index (κ3) is 2.60. The van der Waals surface area contributed by atoms with Gasteiger partial charge in [-0.3, -0.25) is 4.90 Å². The molecule has 17 heavy (non-hydrogen) atoms. The average molecular weight is 237 g/mol. The number of amides is 1. The molecule has 0 aromatic carbocycles. The maximum Gasteiger partial charge on any atom is 0.410 e. The van der Waals surface area contributed by atoms with Crippen molar-refractivity contribution in [3.8, 4) is 0 Å². The fourth-order valence-electron chi connectivity index (χ4n) is 1.92. The monoisotopic (exact) mass is 237 g/mol. The van der Waals surface area contributed by atoms with Gasteiger partial charge in [0, 0.05) is 12.7 Å². The Labute approximate surface area is 101 Å². The lowest BCUT2D eigenvalue weighted by Crippen LogP contribution is -2.46. The Balaban J connectivity index is 2.10. The molecule has 5 nitrogen and oxygen atoms in total. The van der Waals surface area contributed by atoms with Crippen LogP contribution in [0.15, 0.2) is 12.5 Å². The molecule has 0 radical (unpaired) electrons. The van der Waals surface area contributed by atoms with Crippen molar-refractivity contribution >= 4 is 6.09 Å². The van der Waals surface area contributed by atoms with Gasteiger partial charge < -0.3 is 9.30 Å². The van der Waals surface area contributed by atoms with Gasteiger partial charge >= 0.3 is 6.09 Å². The molecule has 0 bridgehead atoms. The fraction of sp³-hybridized carbons (Fsp3) is 0.667. The minimum absolute atomic E-state index is 0.131. The van der Waals surface area contributed by atoms with Crippen LogP contribution in [-0.4, -0.2) is 32.2 Å². The summed E-state index contributed by atoms with van der Waals surface area (Å²) in [5.41, 5.74) is 0.600. The Kier molecular flexibility index (Phi) is 2.85. The average Bonchev–Trinajstić information content (AvgIpc) is 2.60. The van der Waals surface area contributed by atoms with Crippen LogP contribution in [-0.2, 0) is 17.8 Å². The number of nitrogens with zero attached hydrogens (tertiary/aromatic N) is 3. The molecule has 0 fully saturated rings. The van der Waals surface area contributed by atoms with Gasteiger partial charge in [-0.25, -0.2) is 9.78 Å². The number of aromatic nitrogens is 2. The van der Waals surface area contributed by atoms with Gasteiger partial charge in [0.25, 0.3) is 0 Å². The lowest BCUT2D eigenvalue weighted by molar-refractivity contribution is 0.00985. The summed E-state index contributed by atoms with van der Waals surface area (Å²) in [6, 6.07) is 0.131. The second kappa shape index (κ2) is 4.05. The molecule has 1 amide bonds. The summed E-state index contributed by atoms with van der Waals surface area (Å²) in [5, 5.41) is 0. The van der Waals surface area contributed by atoms with Crippen LogP contribution in [0.2, 0.25) is 0 Å². The van der Waals surface area contributed by atoms with E-state index in [0.717, 1.165) is 12.2 Å². The van der Waals surface area contributed by atoms with Gasteiger partial charge in [0.15, 0.2) is 0 Å². The van der Waals surface area contributed by atoms with E-state index in [9.17, 15) is 4.79 Å². The van der Waals surface area contributed by atoms with Gasteiger partial charge in [0.05, 0.1) is 24.6 Å². The molecule has 1 aromatic rings. The molecule has 0 aliphatic carbocycles. The van der Waals surface area contributed by atoms with Crippen molar-refractivity contribution < 1.29 is 9.53 Å². The lowest BCUT2D eigenvalue weighted by Gasteiger charge is -2.35. The van der Waals surface area contributed by atoms with E-state index in [4.69, 9.17) is 4.74 Å². The Bertz CT molecular complexity index is 420. The van der Waals surface area contributed by atoms with E-state index in [-0.39, 0.29) is 12.1 Å². The van der Waals surface area contributed by atoms with Crippen molar-refractivity contribution in [3.05, 3.63) is 18.2 Å². The first-order chi connectivity index (χ1) is 7.87. The standard InChI is InChI=1S/C12H19N3O2/c1-9-6-14-8-13-5-10(14)7-15(9)11(16)17-12(2,3)4/h5,8-9H,6-7H2,1-4H3/t9-/m1/s1. The SMILES string of the molecule is C[C@@H]1Cn2cncc2CN1C(=O)OC(C)(C)C. The second-order valence-corrected chi connectivity index (χ2v) is 5.49. The van der Waals surface area contributed by atoms with Crippen LogP contribution in [0.1, 0.15) is 33.4 Å². The predicted octanol–water partition coefficient (Wildman–Crippen LogP) is 2.02. The molecule has 1 aromatic heterocycles. The summed E-state index contributed by atoms with van der Waals surface area (Å²) in [4.78, 5) is 17.9. The Morgan fingerprint density at radius 1 is 1.53 bits per heavy atom. The number of hydrogen-bond donors (Lipinski definition) is 0. The zero-order valence-electron chi connectivity index (χ0n) is 10.8. The van der Waals surface area contributed by atoms with Crippen molar-refractivity contribution in [2.45, 2.75) is 52.4 Å². The number of rotatable bonds is 0. The van der Waals surface area contributed by atoms with E-state index >= 15 is 0 Å². The molecule has 0 saturated carbocycles. The van der Waals surface area contributed by atoms with Gasteiger partial charge in [-0.05, 0) is 27.7 Å². The summed E-state index contributed by atoms with van der Waals surface area (Å²) >= 11 is 0. The third-order valence-corrected chi connectivity index (χ3v) is 2.75. The van der Waals surface area contributed by atoms with Gasteiger partial charge in [0.1, 0.15) is 5.60 Å². The molecule has 2 heterocycles. The Morgan fingerprint density at radius 2 is 2.24 bits per heavy atom. The van der Waals surface area contributed by atoms with Gasteiger partial charge in [-0.2, -0.15) is 0 Å². The van der Waals surface area contributed by atoms with Crippen LogP contribution >= 0.6 is 0 Å². The van der Waals surface area contributed by atoms with Crippen molar-refractivity contribution in [1.82, 2.24) is 14.5 Å². The summed E-state index contributed by atoms with van der Waals surface area (Å²) in [7, 11) is 0. The molecule has 1 aliphatic heterocycles.